The number of benzene rings is 2. The van der Waals surface area contributed by atoms with Gasteiger partial charge in [-0.1, -0.05) is 60.7 Å². The summed E-state index contributed by atoms with van der Waals surface area (Å²) in [5.74, 6) is 1.10. The number of carbonyl (C=O) groups is 1. The van der Waals surface area contributed by atoms with Gasteiger partial charge in [-0.05, 0) is 29.7 Å². The van der Waals surface area contributed by atoms with E-state index in [0.717, 1.165) is 13.0 Å². The number of guanidine groups is 1. The Hall–Kier alpha value is -3.54. The van der Waals surface area contributed by atoms with E-state index in [1.165, 1.54) is 17.4 Å². The molecule has 0 bridgehead atoms. The zero-order valence-electron chi connectivity index (χ0n) is 17.2. The third-order valence-electron chi connectivity index (χ3n) is 4.78. The van der Waals surface area contributed by atoms with Crippen molar-refractivity contribution in [2.75, 3.05) is 26.7 Å². The van der Waals surface area contributed by atoms with Crippen LogP contribution in [0.3, 0.4) is 0 Å². The van der Waals surface area contributed by atoms with Crippen molar-refractivity contribution in [3.05, 3.63) is 95.9 Å². The van der Waals surface area contributed by atoms with Gasteiger partial charge < -0.3 is 20.4 Å². The summed E-state index contributed by atoms with van der Waals surface area (Å²) in [5.41, 5.74) is 2.59. The van der Waals surface area contributed by atoms with Crippen LogP contribution in [0.25, 0.3) is 0 Å². The van der Waals surface area contributed by atoms with Crippen LogP contribution in [-0.2, 0) is 6.42 Å². The van der Waals surface area contributed by atoms with E-state index in [0.29, 0.717) is 30.7 Å². The molecule has 0 aliphatic heterocycles. The van der Waals surface area contributed by atoms with Gasteiger partial charge in [-0.15, -0.1) is 0 Å². The van der Waals surface area contributed by atoms with Crippen molar-refractivity contribution < 1.29 is 9.21 Å². The van der Waals surface area contributed by atoms with Gasteiger partial charge in [0.1, 0.15) is 0 Å². The molecular weight excluding hydrogens is 376 g/mol. The highest BCUT2D eigenvalue weighted by atomic mass is 16.3. The molecule has 6 nitrogen and oxygen atoms in total. The lowest BCUT2D eigenvalue weighted by molar-refractivity contribution is 0.0926. The highest BCUT2D eigenvalue weighted by Crippen LogP contribution is 2.20. The van der Waals surface area contributed by atoms with E-state index < -0.39 is 0 Å². The molecule has 30 heavy (non-hydrogen) atoms. The first-order valence-corrected chi connectivity index (χ1v) is 10.1. The molecule has 3 N–H and O–H groups in total. The van der Waals surface area contributed by atoms with Crippen LogP contribution in [0.1, 0.15) is 27.6 Å². The molecule has 0 fully saturated rings. The molecule has 1 aromatic heterocycles. The fraction of sp³-hybridized carbons (Fsp3) is 0.250. The average Bonchev–Trinajstić information content (AvgIpc) is 3.34. The number of furan rings is 1. The van der Waals surface area contributed by atoms with Crippen molar-refractivity contribution in [1.29, 1.82) is 0 Å². The van der Waals surface area contributed by atoms with Crippen LogP contribution in [0.15, 0.2) is 88.5 Å². The molecule has 2 aromatic carbocycles. The van der Waals surface area contributed by atoms with E-state index in [1.54, 1.807) is 19.2 Å². The van der Waals surface area contributed by atoms with Gasteiger partial charge in [-0.2, -0.15) is 0 Å². The predicted octanol–water partition coefficient (Wildman–Crippen LogP) is 3.20. The summed E-state index contributed by atoms with van der Waals surface area (Å²) in [7, 11) is 1.74. The van der Waals surface area contributed by atoms with Gasteiger partial charge in [0.05, 0.1) is 6.26 Å². The number of aliphatic imine (C=N–C) groups is 1. The van der Waals surface area contributed by atoms with Gasteiger partial charge in [-0.25, -0.2) is 0 Å². The molecule has 0 spiro atoms. The summed E-state index contributed by atoms with van der Waals surface area (Å²) in [4.78, 5) is 16.2. The molecule has 1 heterocycles. The Balaban J connectivity index is 1.49. The lowest BCUT2D eigenvalue weighted by Gasteiger charge is -2.20. The van der Waals surface area contributed by atoms with Crippen LogP contribution in [0.4, 0.5) is 0 Å². The fourth-order valence-corrected chi connectivity index (χ4v) is 3.22. The van der Waals surface area contributed by atoms with Gasteiger partial charge in [0, 0.05) is 32.6 Å². The van der Waals surface area contributed by atoms with Crippen LogP contribution >= 0.6 is 0 Å². The van der Waals surface area contributed by atoms with Gasteiger partial charge in [0.25, 0.3) is 5.91 Å². The molecule has 0 aliphatic carbocycles. The van der Waals surface area contributed by atoms with Crippen molar-refractivity contribution in [1.82, 2.24) is 16.0 Å². The normalized spacial score (nSPS) is 12.2. The smallest absolute Gasteiger partial charge is 0.287 e. The van der Waals surface area contributed by atoms with Crippen LogP contribution in [0.2, 0.25) is 0 Å². The van der Waals surface area contributed by atoms with Crippen LogP contribution in [-0.4, -0.2) is 38.5 Å². The Kier molecular flexibility index (Phi) is 8.09. The fourth-order valence-electron chi connectivity index (χ4n) is 3.22. The maximum atomic E-state index is 11.9. The molecule has 1 amide bonds. The topological polar surface area (TPSA) is 78.7 Å². The minimum Gasteiger partial charge on any atom is -0.459 e. The number of hydrogen-bond acceptors (Lipinski definition) is 3. The largest absolute Gasteiger partial charge is 0.459 e. The molecule has 0 saturated carbocycles. The minimum absolute atomic E-state index is 0.225. The summed E-state index contributed by atoms with van der Waals surface area (Å²) in [5, 5.41) is 9.46. The standard InChI is InChI=1S/C24H28N4O2/c1-25-24(27-15-14-26-23(29)22-13-8-16-30-22)28-18-21(20-11-6-3-7-12-20)17-19-9-4-2-5-10-19/h2-13,16,21H,14-15,17-18H2,1H3,(H,26,29)(H2,25,27,28). The molecular formula is C24H28N4O2. The Morgan fingerprint density at radius 2 is 1.60 bits per heavy atom. The highest BCUT2D eigenvalue weighted by Gasteiger charge is 2.13. The van der Waals surface area contributed by atoms with Crippen molar-refractivity contribution in [2.45, 2.75) is 12.3 Å². The second-order valence-electron chi connectivity index (χ2n) is 6.91. The summed E-state index contributed by atoms with van der Waals surface area (Å²) in [6.07, 6.45) is 2.42. The molecule has 0 aliphatic rings. The molecule has 1 atom stereocenters. The van der Waals surface area contributed by atoms with E-state index in [4.69, 9.17) is 4.42 Å². The average molecular weight is 405 g/mol. The molecule has 156 valence electrons. The van der Waals surface area contributed by atoms with E-state index in [9.17, 15) is 4.79 Å². The highest BCUT2D eigenvalue weighted by molar-refractivity contribution is 5.91. The summed E-state index contributed by atoms with van der Waals surface area (Å²) < 4.78 is 5.08. The van der Waals surface area contributed by atoms with Crippen molar-refractivity contribution >= 4 is 11.9 Å². The molecule has 1 unspecified atom stereocenters. The Morgan fingerprint density at radius 3 is 2.27 bits per heavy atom. The van der Waals surface area contributed by atoms with Crippen LogP contribution in [0, 0.1) is 0 Å². The van der Waals surface area contributed by atoms with Gasteiger partial charge >= 0.3 is 0 Å². The summed E-state index contributed by atoms with van der Waals surface area (Å²) >= 11 is 0. The third kappa shape index (κ3) is 6.51. The number of carbonyl (C=O) groups excluding carboxylic acids is 1. The maximum absolute atomic E-state index is 11.9. The number of nitrogens with one attached hydrogen (secondary N) is 3. The lowest BCUT2D eigenvalue weighted by atomic mass is 9.92. The maximum Gasteiger partial charge on any atom is 0.287 e. The molecule has 0 saturated heterocycles. The van der Waals surface area contributed by atoms with Crippen LogP contribution in [0.5, 0.6) is 0 Å². The van der Waals surface area contributed by atoms with Crippen molar-refractivity contribution in [3.8, 4) is 0 Å². The minimum atomic E-state index is -0.225. The van der Waals surface area contributed by atoms with E-state index in [2.05, 4.69) is 69.5 Å². The quantitative estimate of drug-likeness (QED) is 0.291. The van der Waals surface area contributed by atoms with Gasteiger partial charge in [-0.3, -0.25) is 9.79 Å². The summed E-state index contributed by atoms with van der Waals surface area (Å²) in [6.45, 7) is 1.77. The molecule has 6 heteroatoms. The first-order chi connectivity index (χ1) is 14.8. The second kappa shape index (κ2) is 11.5. The molecule has 0 radical (unpaired) electrons. The predicted molar refractivity (Wildman–Crippen MR) is 120 cm³/mol. The number of nitrogens with zero attached hydrogens (tertiary/aromatic N) is 1. The zero-order chi connectivity index (χ0) is 21.0. The molecule has 3 aromatic rings. The number of hydrogen-bond donors (Lipinski definition) is 3. The Bertz CT molecular complexity index is 909. The van der Waals surface area contributed by atoms with Crippen LogP contribution < -0.4 is 16.0 Å². The Morgan fingerprint density at radius 1 is 0.900 bits per heavy atom. The zero-order valence-corrected chi connectivity index (χ0v) is 17.2. The second-order valence-corrected chi connectivity index (χ2v) is 6.91. The van der Waals surface area contributed by atoms with Crippen molar-refractivity contribution in [3.63, 3.8) is 0 Å². The molecule has 3 rings (SSSR count). The summed E-state index contributed by atoms with van der Waals surface area (Å²) in [6, 6.07) is 24.3. The first kappa shape index (κ1) is 21.2. The monoisotopic (exact) mass is 404 g/mol. The van der Waals surface area contributed by atoms with Gasteiger partial charge in [0.2, 0.25) is 0 Å². The number of amides is 1. The van der Waals surface area contributed by atoms with Gasteiger partial charge in [0.15, 0.2) is 11.7 Å². The van der Waals surface area contributed by atoms with E-state index >= 15 is 0 Å². The lowest BCUT2D eigenvalue weighted by Crippen LogP contribution is -2.43. The van der Waals surface area contributed by atoms with E-state index in [-0.39, 0.29) is 5.91 Å². The van der Waals surface area contributed by atoms with Crippen molar-refractivity contribution in [2.24, 2.45) is 4.99 Å². The number of rotatable bonds is 9. The third-order valence-corrected chi connectivity index (χ3v) is 4.78. The first-order valence-electron chi connectivity index (χ1n) is 10.1. The SMILES string of the molecule is CN=C(NCCNC(=O)c1ccco1)NCC(Cc1ccccc1)c1ccccc1. The Labute approximate surface area is 177 Å². The van der Waals surface area contributed by atoms with E-state index in [1.807, 2.05) is 12.1 Å².